The van der Waals surface area contributed by atoms with E-state index in [1.54, 1.807) is 18.2 Å². The van der Waals surface area contributed by atoms with Crippen LogP contribution in [0, 0.1) is 20.8 Å². The molecule has 0 atom stereocenters. The highest BCUT2D eigenvalue weighted by molar-refractivity contribution is 7.99. The molecule has 0 saturated heterocycles. The molecule has 6 heteroatoms. The Morgan fingerprint density at radius 3 is 2.30 bits per heavy atom. The first-order valence-electron chi connectivity index (χ1n) is 6.08. The maximum absolute atomic E-state index is 11.5. The predicted molar refractivity (Wildman–Crippen MR) is 79.7 cm³/mol. The Morgan fingerprint density at radius 2 is 1.75 bits per heavy atom. The molecule has 0 aliphatic carbocycles. The second-order valence-electron chi connectivity index (χ2n) is 4.49. The van der Waals surface area contributed by atoms with E-state index in [1.165, 1.54) is 11.8 Å². The van der Waals surface area contributed by atoms with Crippen LogP contribution in [0.4, 0.5) is 5.69 Å². The first-order chi connectivity index (χ1) is 9.40. The number of anilines is 1. The van der Waals surface area contributed by atoms with Crippen LogP contribution >= 0.6 is 11.8 Å². The van der Waals surface area contributed by atoms with E-state index in [0.29, 0.717) is 21.3 Å². The maximum Gasteiger partial charge on any atom is 0.249 e. The Morgan fingerprint density at radius 1 is 1.15 bits per heavy atom. The molecule has 20 heavy (non-hydrogen) atoms. The summed E-state index contributed by atoms with van der Waals surface area (Å²) in [6, 6.07) is 5.07. The predicted octanol–water partition coefficient (Wildman–Crippen LogP) is 2.23. The minimum Gasteiger partial charge on any atom is -0.398 e. The van der Waals surface area contributed by atoms with Gasteiger partial charge in [-0.15, -0.1) is 0 Å². The number of carbonyl (C=O) groups excluding carboxylic acids is 1. The highest BCUT2D eigenvalue weighted by atomic mass is 32.2. The van der Waals surface area contributed by atoms with Crippen molar-refractivity contribution in [3.8, 4) is 0 Å². The van der Waals surface area contributed by atoms with Crippen molar-refractivity contribution in [2.45, 2.75) is 30.8 Å². The summed E-state index contributed by atoms with van der Waals surface area (Å²) < 4.78 is 0. The Labute approximate surface area is 121 Å². The number of nitrogens with two attached hydrogens (primary N) is 2. The molecule has 5 nitrogen and oxygen atoms in total. The number of benzene rings is 1. The minimum atomic E-state index is -0.514. The first-order valence-corrected chi connectivity index (χ1v) is 6.89. The largest absolute Gasteiger partial charge is 0.398 e. The van der Waals surface area contributed by atoms with E-state index in [1.807, 2.05) is 20.8 Å². The molecule has 2 rings (SSSR count). The summed E-state index contributed by atoms with van der Waals surface area (Å²) >= 11 is 1.26. The van der Waals surface area contributed by atoms with Crippen LogP contribution in [0.15, 0.2) is 28.3 Å². The summed E-state index contributed by atoms with van der Waals surface area (Å²) in [4.78, 5) is 20.9. The maximum atomic E-state index is 11.5. The summed E-state index contributed by atoms with van der Waals surface area (Å²) in [7, 11) is 0. The van der Waals surface area contributed by atoms with Crippen LogP contribution in [0.25, 0.3) is 0 Å². The van der Waals surface area contributed by atoms with Gasteiger partial charge in [-0.3, -0.25) is 4.79 Å². The SMILES string of the molecule is Cc1nc(Sc2c(N)cccc2C(N)=O)nc(C)c1C. The molecule has 0 fully saturated rings. The summed E-state index contributed by atoms with van der Waals surface area (Å²) in [5, 5.41) is 0.561. The van der Waals surface area contributed by atoms with E-state index >= 15 is 0 Å². The van der Waals surface area contributed by atoms with Gasteiger partial charge in [0.05, 0.1) is 10.5 Å². The molecular weight excluding hydrogens is 272 g/mol. The van der Waals surface area contributed by atoms with E-state index in [2.05, 4.69) is 9.97 Å². The molecule has 104 valence electrons. The summed E-state index contributed by atoms with van der Waals surface area (Å²) in [5.74, 6) is -0.514. The topological polar surface area (TPSA) is 94.9 Å². The van der Waals surface area contributed by atoms with Gasteiger partial charge in [0, 0.05) is 17.1 Å². The first kappa shape index (κ1) is 14.3. The Balaban J connectivity index is 2.47. The fourth-order valence-corrected chi connectivity index (χ4v) is 2.75. The van der Waals surface area contributed by atoms with Gasteiger partial charge in [-0.2, -0.15) is 0 Å². The molecule has 1 heterocycles. The molecule has 0 aliphatic rings. The highest BCUT2D eigenvalue weighted by Gasteiger charge is 2.15. The van der Waals surface area contributed by atoms with Gasteiger partial charge in [0.2, 0.25) is 5.91 Å². The summed E-state index contributed by atoms with van der Waals surface area (Å²) in [5.41, 5.74) is 15.1. The number of carbonyl (C=O) groups is 1. The normalized spacial score (nSPS) is 10.6. The van der Waals surface area contributed by atoms with Crippen molar-refractivity contribution in [1.82, 2.24) is 9.97 Å². The fraction of sp³-hybridized carbons (Fsp3) is 0.214. The number of aromatic nitrogens is 2. The van der Waals surface area contributed by atoms with Gasteiger partial charge in [0.25, 0.3) is 0 Å². The zero-order valence-corrected chi connectivity index (χ0v) is 12.4. The standard InChI is InChI=1S/C14H16N4OS/c1-7-8(2)17-14(18-9(7)3)20-12-10(13(16)19)5-4-6-11(12)15/h4-6H,15H2,1-3H3,(H2,16,19). The van der Waals surface area contributed by atoms with Crippen molar-refractivity contribution < 1.29 is 4.79 Å². The lowest BCUT2D eigenvalue weighted by Gasteiger charge is -2.10. The van der Waals surface area contributed by atoms with Crippen molar-refractivity contribution in [3.63, 3.8) is 0 Å². The molecule has 0 radical (unpaired) electrons. The van der Waals surface area contributed by atoms with Crippen LogP contribution in [-0.2, 0) is 0 Å². The zero-order valence-electron chi connectivity index (χ0n) is 11.6. The molecule has 1 amide bonds. The van der Waals surface area contributed by atoms with E-state index in [-0.39, 0.29) is 0 Å². The van der Waals surface area contributed by atoms with Crippen LogP contribution in [-0.4, -0.2) is 15.9 Å². The molecule has 0 bridgehead atoms. The minimum absolute atomic E-state index is 0.384. The third-order valence-electron chi connectivity index (χ3n) is 3.12. The number of hydrogen-bond donors (Lipinski definition) is 2. The lowest BCUT2D eigenvalue weighted by atomic mass is 10.2. The van der Waals surface area contributed by atoms with E-state index in [4.69, 9.17) is 11.5 Å². The van der Waals surface area contributed by atoms with Gasteiger partial charge in [0.1, 0.15) is 0 Å². The average molecular weight is 288 g/mol. The van der Waals surface area contributed by atoms with Crippen LogP contribution in [0.5, 0.6) is 0 Å². The van der Waals surface area contributed by atoms with Crippen molar-refractivity contribution in [2.75, 3.05) is 5.73 Å². The Hall–Kier alpha value is -2.08. The summed E-state index contributed by atoms with van der Waals surface area (Å²) in [6.45, 7) is 5.83. The van der Waals surface area contributed by atoms with E-state index in [9.17, 15) is 4.79 Å². The molecule has 0 unspecified atom stereocenters. The van der Waals surface area contributed by atoms with Gasteiger partial charge in [0.15, 0.2) is 5.16 Å². The Bertz CT molecular complexity index is 662. The second-order valence-corrected chi connectivity index (χ2v) is 5.47. The van der Waals surface area contributed by atoms with Crippen LogP contribution < -0.4 is 11.5 Å². The van der Waals surface area contributed by atoms with Crippen molar-refractivity contribution in [3.05, 3.63) is 40.7 Å². The third kappa shape index (κ3) is 2.75. The molecule has 2 aromatic rings. The number of nitrogen functional groups attached to an aromatic ring is 1. The fourth-order valence-electron chi connectivity index (χ4n) is 1.74. The molecule has 0 aliphatic heterocycles. The second kappa shape index (κ2) is 5.50. The lowest BCUT2D eigenvalue weighted by molar-refractivity contribution is 0.0997. The molecule has 0 saturated carbocycles. The smallest absolute Gasteiger partial charge is 0.249 e. The van der Waals surface area contributed by atoms with Gasteiger partial charge < -0.3 is 11.5 Å². The summed E-state index contributed by atoms with van der Waals surface area (Å²) in [6.07, 6.45) is 0. The van der Waals surface area contributed by atoms with Crippen LogP contribution in [0.2, 0.25) is 0 Å². The van der Waals surface area contributed by atoms with Crippen molar-refractivity contribution >= 4 is 23.4 Å². The van der Waals surface area contributed by atoms with E-state index < -0.39 is 5.91 Å². The monoisotopic (exact) mass is 288 g/mol. The molecule has 0 spiro atoms. The molecular formula is C14H16N4OS. The zero-order chi connectivity index (χ0) is 14.9. The highest BCUT2D eigenvalue weighted by Crippen LogP contribution is 2.33. The molecule has 1 aromatic heterocycles. The van der Waals surface area contributed by atoms with Gasteiger partial charge >= 0.3 is 0 Å². The number of aryl methyl sites for hydroxylation is 2. The van der Waals surface area contributed by atoms with Crippen LogP contribution in [0.3, 0.4) is 0 Å². The average Bonchev–Trinajstić information content (AvgIpc) is 2.38. The van der Waals surface area contributed by atoms with Crippen molar-refractivity contribution in [1.29, 1.82) is 0 Å². The number of rotatable bonds is 3. The number of nitrogens with zero attached hydrogens (tertiary/aromatic N) is 2. The van der Waals surface area contributed by atoms with Gasteiger partial charge in [-0.25, -0.2) is 9.97 Å². The third-order valence-corrected chi connectivity index (χ3v) is 4.14. The Kier molecular flexibility index (Phi) is 3.94. The quantitative estimate of drug-likeness (QED) is 0.667. The van der Waals surface area contributed by atoms with Crippen molar-refractivity contribution in [2.24, 2.45) is 5.73 Å². The molecule has 1 aromatic carbocycles. The van der Waals surface area contributed by atoms with Crippen LogP contribution in [0.1, 0.15) is 27.3 Å². The number of primary amides is 1. The van der Waals surface area contributed by atoms with E-state index in [0.717, 1.165) is 17.0 Å². The number of amides is 1. The van der Waals surface area contributed by atoms with Gasteiger partial charge in [-0.05, 0) is 50.2 Å². The molecule has 4 N–H and O–H groups in total. The lowest BCUT2D eigenvalue weighted by Crippen LogP contribution is -2.13. The van der Waals surface area contributed by atoms with Gasteiger partial charge in [-0.1, -0.05) is 6.07 Å². The number of hydrogen-bond acceptors (Lipinski definition) is 5.